The summed E-state index contributed by atoms with van der Waals surface area (Å²) in [6.45, 7) is 1.10. The molecule has 3 heterocycles. The van der Waals surface area contributed by atoms with Gasteiger partial charge in [0, 0.05) is 6.20 Å². The summed E-state index contributed by atoms with van der Waals surface area (Å²) in [5.41, 5.74) is 4.52. The highest BCUT2D eigenvalue weighted by Gasteiger charge is 2.45. The second-order valence-corrected chi connectivity index (χ2v) is 7.54. The first-order valence-corrected chi connectivity index (χ1v) is 9.12. The number of nitrogen functional groups attached to an aromatic ring is 1. The summed E-state index contributed by atoms with van der Waals surface area (Å²) in [7, 11) is -4.22. The Hall–Kier alpha value is -2.08. The molecule has 0 aliphatic carbocycles. The molecule has 0 radical (unpaired) electrons. The van der Waals surface area contributed by atoms with Crippen molar-refractivity contribution in [2.45, 2.75) is 31.5 Å². The molecule has 3 rings (SSSR count). The number of H-pyrrole nitrogens is 1. The van der Waals surface area contributed by atoms with Crippen LogP contribution in [-0.2, 0) is 13.8 Å². The summed E-state index contributed by atoms with van der Waals surface area (Å²) in [4.78, 5) is 31.7. The Morgan fingerprint density at radius 2 is 2.19 bits per heavy atom. The number of aromatic amines is 1. The lowest BCUT2D eigenvalue weighted by Crippen LogP contribution is -2.36. The first-order chi connectivity index (χ1) is 12.2. The predicted octanol–water partition coefficient (Wildman–Crippen LogP) is -2.00. The third-order valence-electron chi connectivity index (χ3n) is 3.87. The van der Waals surface area contributed by atoms with E-state index in [-0.39, 0.29) is 11.3 Å². The Labute approximate surface area is 146 Å². The van der Waals surface area contributed by atoms with E-state index in [0.717, 1.165) is 4.57 Å². The van der Waals surface area contributed by atoms with Crippen LogP contribution in [0, 0.1) is 6.92 Å². The van der Waals surface area contributed by atoms with Crippen molar-refractivity contribution in [3.8, 4) is 0 Å². The minimum atomic E-state index is -4.22. The van der Waals surface area contributed by atoms with Crippen LogP contribution in [-0.4, -0.2) is 59.5 Å². The molecule has 12 nitrogen and oxygen atoms in total. The van der Waals surface area contributed by atoms with Gasteiger partial charge < -0.3 is 35.1 Å². The number of ether oxygens (including phenoxy) is 1. The molecule has 6 N–H and O–H groups in total. The van der Waals surface area contributed by atoms with Crippen molar-refractivity contribution in [3.63, 3.8) is 0 Å². The number of imidazole rings is 1. The van der Waals surface area contributed by atoms with Crippen molar-refractivity contribution < 1.29 is 28.9 Å². The zero-order chi connectivity index (χ0) is 19.1. The minimum absolute atomic E-state index is 0.00441. The molecule has 1 aliphatic rings. The zero-order valence-electron chi connectivity index (χ0n) is 13.6. The van der Waals surface area contributed by atoms with Crippen molar-refractivity contribution >= 4 is 18.8 Å². The molecule has 0 amide bonds. The monoisotopic (exact) mass is 387 g/mol. The Morgan fingerprint density at radius 1 is 1.46 bits per heavy atom. The van der Waals surface area contributed by atoms with Crippen LogP contribution < -0.4 is 16.9 Å². The fraction of sp³-hybridized carbons (Fsp3) is 0.462. The van der Waals surface area contributed by atoms with Crippen molar-refractivity contribution in [1.29, 1.82) is 0 Å². The molecule has 2 aromatic heterocycles. The van der Waals surface area contributed by atoms with Gasteiger partial charge in [0.2, 0.25) is 0 Å². The van der Waals surface area contributed by atoms with Gasteiger partial charge in [-0.05, 0) is 13.0 Å². The van der Waals surface area contributed by atoms with Gasteiger partial charge in [-0.2, -0.15) is 4.98 Å². The maximum atomic E-state index is 12.2. The second kappa shape index (κ2) is 6.91. The molecule has 1 saturated heterocycles. The van der Waals surface area contributed by atoms with E-state index < -0.39 is 44.4 Å². The SMILES string of the molecule is Cc1ncc(P(=O)(O)OC[C@@H]2O[C@H](n3ccc(N)nc3=O)[C@@H](O)[C@H]2O)[nH]1. The predicted molar refractivity (Wildman–Crippen MR) is 87.6 cm³/mol. The van der Waals surface area contributed by atoms with Gasteiger partial charge in [0.1, 0.15) is 35.4 Å². The number of hydrogen-bond donors (Lipinski definition) is 5. The largest absolute Gasteiger partial charge is 0.387 e. The Balaban J connectivity index is 1.72. The van der Waals surface area contributed by atoms with Gasteiger partial charge in [0.25, 0.3) is 0 Å². The van der Waals surface area contributed by atoms with Gasteiger partial charge >= 0.3 is 13.3 Å². The number of aryl methyl sites for hydroxylation is 1. The minimum Gasteiger partial charge on any atom is -0.387 e. The van der Waals surface area contributed by atoms with Crippen molar-refractivity contribution in [1.82, 2.24) is 19.5 Å². The Bertz CT molecular complexity index is 899. The van der Waals surface area contributed by atoms with Gasteiger partial charge in [0.15, 0.2) is 6.23 Å². The number of nitrogens with two attached hydrogens (primary N) is 1. The highest BCUT2D eigenvalue weighted by Crippen LogP contribution is 2.41. The lowest BCUT2D eigenvalue weighted by molar-refractivity contribution is -0.0521. The van der Waals surface area contributed by atoms with Crippen molar-refractivity contribution in [3.05, 3.63) is 34.8 Å². The molecule has 0 spiro atoms. The van der Waals surface area contributed by atoms with Gasteiger partial charge in [-0.1, -0.05) is 0 Å². The third-order valence-corrected chi connectivity index (χ3v) is 5.21. The number of nitrogens with one attached hydrogen (secondary N) is 1. The van der Waals surface area contributed by atoms with E-state index in [0.29, 0.717) is 5.82 Å². The van der Waals surface area contributed by atoms with E-state index in [2.05, 4.69) is 15.0 Å². The van der Waals surface area contributed by atoms with E-state index in [1.54, 1.807) is 6.92 Å². The number of rotatable bonds is 5. The van der Waals surface area contributed by atoms with Crippen LogP contribution in [0.25, 0.3) is 0 Å². The molecule has 0 bridgehead atoms. The summed E-state index contributed by atoms with van der Waals surface area (Å²) >= 11 is 0. The first kappa shape index (κ1) is 18.7. The molecular formula is C13H18N5O7P. The molecule has 1 fully saturated rings. The third kappa shape index (κ3) is 3.56. The summed E-state index contributed by atoms with van der Waals surface area (Å²) in [6.07, 6.45) is -2.89. The van der Waals surface area contributed by atoms with E-state index in [9.17, 15) is 24.5 Å². The van der Waals surface area contributed by atoms with Crippen LogP contribution in [0.4, 0.5) is 5.82 Å². The van der Waals surface area contributed by atoms with Gasteiger partial charge in [-0.3, -0.25) is 9.13 Å². The highest BCUT2D eigenvalue weighted by atomic mass is 31.2. The standard InChI is InChI=1S/C13H18N5O7P/c1-6-15-4-9(16-6)26(22,23)24-5-7-10(19)11(20)12(25-7)18-3-2-8(14)17-13(18)21/h2-4,7,10-12,19-20H,5H2,1H3,(H,15,16)(H,22,23)(H2,14,17,21)/t7-,10-,11-,12-/m0/s1. The number of aliphatic hydroxyl groups is 2. The van der Waals surface area contributed by atoms with E-state index >= 15 is 0 Å². The van der Waals surface area contributed by atoms with Crippen LogP contribution in [0.5, 0.6) is 0 Å². The van der Waals surface area contributed by atoms with Crippen molar-refractivity contribution in [2.24, 2.45) is 0 Å². The zero-order valence-corrected chi connectivity index (χ0v) is 14.5. The summed E-state index contributed by atoms with van der Waals surface area (Å²) in [6, 6.07) is 1.33. The normalized spacial score (nSPS) is 28.2. The van der Waals surface area contributed by atoms with Crippen LogP contribution >= 0.6 is 7.60 Å². The fourth-order valence-corrected chi connectivity index (χ4v) is 3.51. The van der Waals surface area contributed by atoms with Crippen LogP contribution in [0.2, 0.25) is 0 Å². The molecule has 13 heteroatoms. The Kier molecular flexibility index (Phi) is 4.97. The second-order valence-electron chi connectivity index (χ2n) is 5.76. The van der Waals surface area contributed by atoms with Crippen LogP contribution in [0.3, 0.4) is 0 Å². The quantitative estimate of drug-likeness (QED) is 0.359. The number of anilines is 1. The van der Waals surface area contributed by atoms with Crippen LogP contribution in [0.1, 0.15) is 12.1 Å². The summed E-state index contributed by atoms with van der Waals surface area (Å²) in [5.74, 6) is 0.427. The number of aliphatic hydroxyl groups excluding tert-OH is 2. The summed E-state index contributed by atoms with van der Waals surface area (Å²) in [5, 5.41) is 20.2. The highest BCUT2D eigenvalue weighted by molar-refractivity contribution is 7.60. The molecule has 0 aromatic carbocycles. The van der Waals surface area contributed by atoms with Crippen LogP contribution in [0.15, 0.2) is 23.3 Å². The number of nitrogens with zero attached hydrogens (tertiary/aromatic N) is 3. The van der Waals surface area contributed by atoms with E-state index in [1.807, 2.05) is 0 Å². The topological polar surface area (TPSA) is 186 Å². The number of hydrogen-bond acceptors (Lipinski definition) is 9. The van der Waals surface area contributed by atoms with E-state index in [4.69, 9.17) is 15.0 Å². The summed E-state index contributed by atoms with van der Waals surface area (Å²) < 4.78 is 23.6. The van der Waals surface area contributed by atoms with Crippen molar-refractivity contribution in [2.75, 3.05) is 12.3 Å². The molecular weight excluding hydrogens is 369 g/mol. The lowest BCUT2D eigenvalue weighted by Gasteiger charge is -2.17. The smallest absolute Gasteiger partial charge is 0.376 e. The van der Waals surface area contributed by atoms with Gasteiger partial charge in [0.05, 0.1) is 12.8 Å². The molecule has 1 aliphatic heterocycles. The number of aromatic nitrogens is 4. The lowest BCUT2D eigenvalue weighted by atomic mass is 10.1. The van der Waals surface area contributed by atoms with Gasteiger partial charge in [-0.25, -0.2) is 9.78 Å². The fourth-order valence-electron chi connectivity index (χ4n) is 2.51. The molecule has 142 valence electrons. The molecule has 0 saturated carbocycles. The van der Waals surface area contributed by atoms with Gasteiger partial charge in [-0.15, -0.1) is 0 Å². The average Bonchev–Trinajstić information content (AvgIpc) is 3.12. The molecule has 2 aromatic rings. The molecule has 5 atom stereocenters. The van der Waals surface area contributed by atoms with E-state index in [1.165, 1.54) is 18.5 Å². The molecule has 1 unspecified atom stereocenters. The molecule has 26 heavy (non-hydrogen) atoms. The maximum Gasteiger partial charge on any atom is 0.376 e. The Morgan fingerprint density at radius 3 is 2.81 bits per heavy atom. The average molecular weight is 387 g/mol. The maximum absolute atomic E-state index is 12.2. The first-order valence-electron chi connectivity index (χ1n) is 7.55.